The second kappa shape index (κ2) is 10.5. The van der Waals surface area contributed by atoms with E-state index in [1.54, 1.807) is 0 Å². The molecule has 244 valence electrons. The SMILES string of the molecule is N#Cc1ccc(-c2cc3c4cc5c(cc4c(-c4ccc(C#N)cc4)cc3c3cc4c(cc23)-c2cccc3cccc-4c23)-c2cccc3cccc-5c23)cc1. The highest BCUT2D eigenvalue weighted by Crippen LogP contribution is 2.54. The van der Waals surface area contributed by atoms with Crippen molar-refractivity contribution < 1.29 is 0 Å². The average molecular weight is 679 g/mol. The van der Waals surface area contributed by atoms with Crippen LogP contribution >= 0.6 is 0 Å². The van der Waals surface area contributed by atoms with Crippen molar-refractivity contribution >= 4 is 53.9 Å². The number of nitriles is 2. The Morgan fingerprint density at radius 3 is 0.907 bits per heavy atom. The van der Waals surface area contributed by atoms with Crippen molar-refractivity contribution in [2.45, 2.75) is 0 Å². The van der Waals surface area contributed by atoms with Crippen LogP contribution in [0.1, 0.15) is 11.1 Å². The van der Waals surface area contributed by atoms with Gasteiger partial charge in [0.25, 0.3) is 0 Å². The van der Waals surface area contributed by atoms with Gasteiger partial charge in [-0.2, -0.15) is 10.5 Å². The fraction of sp³-hybridized carbons (Fsp3) is 0. The van der Waals surface area contributed by atoms with Gasteiger partial charge in [-0.3, -0.25) is 0 Å². The third-order valence-electron chi connectivity index (χ3n) is 12.0. The summed E-state index contributed by atoms with van der Waals surface area (Å²) < 4.78 is 0. The summed E-state index contributed by atoms with van der Waals surface area (Å²) in [6.07, 6.45) is 0. The molecule has 10 aromatic rings. The van der Waals surface area contributed by atoms with Crippen LogP contribution in [0.15, 0.2) is 158 Å². The Kier molecular flexibility index (Phi) is 5.67. The Morgan fingerprint density at radius 2 is 0.574 bits per heavy atom. The van der Waals surface area contributed by atoms with E-state index in [2.05, 4.69) is 146 Å². The van der Waals surface area contributed by atoms with Gasteiger partial charge in [-0.25, -0.2) is 0 Å². The zero-order chi connectivity index (χ0) is 35.7. The van der Waals surface area contributed by atoms with Crippen LogP contribution in [0, 0.1) is 22.7 Å². The number of rotatable bonds is 2. The Morgan fingerprint density at radius 1 is 0.278 bits per heavy atom. The summed E-state index contributed by atoms with van der Waals surface area (Å²) in [5.41, 5.74) is 15.8. The number of fused-ring (bicyclic) bond motifs is 11. The molecule has 0 bridgehead atoms. The van der Waals surface area contributed by atoms with Crippen molar-refractivity contribution in [2.24, 2.45) is 0 Å². The Hall–Kier alpha value is -7.52. The summed E-state index contributed by atoms with van der Waals surface area (Å²) in [7, 11) is 0. The zero-order valence-electron chi connectivity index (χ0n) is 28.9. The van der Waals surface area contributed by atoms with E-state index >= 15 is 0 Å². The monoisotopic (exact) mass is 678 g/mol. The van der Waals surface area contributed by atoms with E-state index in [1.165, 1.54) is 98.4 Å². The van der Waals surface area contributed by atoms with Gasteiger partial charge in [0.15, 0.2) is 0 Å². The van der Waals surface area contributed by atoms with Crippen LogP contribution in [0.3, 0.4) is 0 Å². The maximum atomic E-state index is 9.67. The normalized spacial score (nSPS) is 12.0. The number of hydrogen-bond donors (Lipinski definition) is 0. The summed E-state index contributed by atoms with van der Waals surface area (Å²) in [6.45, 7) is 0. The van der Waals surface area contributed by atoms with Gasteiger partial charge < -0.3 is 0 Å². The second-order valence-electron chi connectivity index (χ2n) is 14.6. The fourth-order valence-electron chi connectivity index (χ4n) is 9.53. The molecule has 2 heteroatoms. The summed E-state index contributed by atoms with van der Waals surface area (Å²) >= 11 is 0. The van der Waals surface area contributed by atoms with Gasteiger partial charge in [0.1, 0.15) is 0 Å². The first kappa shape index (κ1) is 29.1. The van der Waals surface area contributed by atoms with Crippen LogP contribution in [0.5, 0.6) is 0 Å². The molecule has 0 amide bonds. The molecule has 2 aliphatic rings. The summed E-state index contributed by atoms with van der Waals surface area (Å²) in [5, 5.41) is 31.6. The molecule has 0 spiro atoms. The van der Waals surface area contributed by atoms with Crippen molar-refractivity contribution in [3.8, 4) is 78.9 Å². The van der Waals surface area contributed by atoms with Gasteiger partial charge >= 0.3 is 0 Å². The van der Waals surface area contributed by atoms with E-state index in [0.29, 0.717) is 11.1 Å². The van der Waals surface area contributed by atoms with Crippen LogP contribution in [0.2, 0.25) is 0 Å². The lowest BCUT2D eigenvalue weighted by Crippen LogP contribution is -1.92. The molecule has 0 saturated heterocycles. The van der Waals surface area contributed by atoms with Crippen molar-refractivity contribution in [2.75, 3.05) is 0 Å². The molecule has 0 heterocycles. The van der Waals surface area contributed by atoms with E-state index in [0.717, 1.165) is 22.3 Å². The van der Waals surface area contributed by atoms with E-state index in [-0.39, 0.29) is 0 Å². The standard InChI is InChI=1S/C52H26N2/c53-27-29-13-17-31(18-14-29)39-21-48-47(49-25-43-37-11-3-7-33-5-1-9-35(51(33)37)41(43)23-45(39)49)22-40(32-19-15-30(28-54)16-20-32)46-24-42-36-10-2-6-34-8-4-12-38(52(34)36)44(42)26-50(46)48/h1-26H. The molecule has 54 heavy (non-hydrogen) atoms. The number of benzene rings is 10. The first-order chi connectivity index (χ1) is 26.7. The third kappa shape index (κ3) is 3.81. The van der Waals surface area contributed by atoms with Crippen LogP contribution in [0.4, 0.5) is 0 Å². The highest BCUT2D eigenvalue weighted by atomic mass is 14.3. The van der Waals surface area contributed by atoms with Crippen LogP contribution < -0.4 is 0 Å². The first-order valence-corrected chi connectivity index (χ1v) is 18.3. The Labute approximate surface area is 311 Å². The minimum atomic E-state index is 0.647. The lowest BCUT2D eigenvalue weighted by molar-refractivity contribution is 1.48. The predicted octanol–water partition coefficient (Wildman–Crippen LogP) is 13.8. The zero-order valence-corrected chi connectivity index (χ0v) is 28.9. The highest BCUT2D eigenvalue weighted by molar-refractivity contribution is 6.29. The highest BCUT2D eigenvalue weighted by Gasteiger charge is 2.26. The molecule has 0 atom stereocenters. The number of nitrogens with zero attached hydrogens (tertiary/aromatic N) is 2. The van der Waals surface area contributed by atoms with E-state index in [4.69, 9.17) is 0 Å². The molecule has 10 aromatic carbocycles. The van der Waals surface area contributed by atoms with Crippen LogP contribution in [-0.4, -0.2) is 0 Å². The average Bonchev–Trinajstić information content (AvgIpc) is 3.72. The molecule has 0 aromatic heterocycles. The quantitative estimate of drug-likeness (QED) is 0.171. The van der Waals surface area contributed by atoms with E-state index in [9.17, 15) is 10.5 Å². The van der Waals surface area contributed by atoms with E-state index in [1.807, 2.05) is 24.3 Å². The maximum absolute atomic E-state index is 9.67. The molecule has 0 fully saturated rings. The lowest BCUT2D eigenvalue weighted by Gasteiger charge is -2.19. The summed E-state index contributed by atoms with van der Waals surface area (Å²) in [5.74, 6) is 0. The molecule has 2 nitrogen and oxygen atoms in total. The van der Waals surface area contributed by atoms with Crippen molar-refractivity contribution in [3.63, 3.8) is 0 Å². The van der Waals surface area contributed by atoms with Crippen LogP contribution in [0.25, 0.3) is 121 Å². The molecule has 0 N–H and O–H groups in total. The third-order valence-corrected chi connectivity index (χ3v) is 12.0. The van der Waals surface area contributed by atoms with Crippen molar-refractivity contribution in [1.82, 2.24) is 0 Å². The Bertz CT molecular complexity index is 3190. The van der Waals surface area contributed by atoms with Gasteiger partial charge in [-0.1, -0.05) is 97.1 Å². The molecular formula is C52H26N2. The largest absolute Gasteiger partial charge is 0.192 e. The number of hydrogen-bond acceptors (Lipinski definition) is 2. The predicted molar refractivity (Wildman–Crippen MR) is 223 cm³/mol. The van der Waals surface area contributed by atoms with Gasteiger partial charge in [0.2, 0.25) is 0 Å². The summed E-state index contributed by atoms with van der Waals surface area (Å²) in [6, 6.07) is 61.6. The van der Waals surface area contributed by atoms with Gasteiger partial charge in [-0.15, -0.1) is 0 Å². The van der Waals surface area contributed by atoms with Crippen LogP contribution in [-0.2, 0) is 0 Å². The van der Waals surface area contributed by atoms with Gasteiger partial charge in [-0.05, 0) is 181 Å². The molecule has 0 unspecified atom stereocenters. The minimum absolute atomic E-state index is 0.647. The second-order valence-corrected chi connectivity index (χ2v) is 14.6. The fourth-order valence-corrected chi connectivity index (χ4v) is 9.53. The molecule has 0 radical (unpaired) electrons. The molecule has 12 rings (SSSR count). The van der Waals surface area contributed by atoms with Crippen molar-refractivity contribution in [3.05, 3.63) is 169 Å². The smallest absolute Gasteiger partial charge is 0.0991 e. The molecule has 2 aliphatic carbocycles. The topological polar surface area (TPSA) is 47.6 Å². The maximum Gasteiger partial charge on any atom is 0.0991 e. The molecule has 0 aliphatic heterocycles. The first-order valence-electron chi connectivity index (χ1n) is 18.3. The molecular weight excluding hydrogens is 653 g/mol. The van der Waals surface area contributed by atoms with Gasteiger partial charge in [0, 0.05) is 0 Å². The summed E-state index contributed by atoms with van der Waals surface area (Å²) in [4.78, 5) is 0. The van der Waals surface area contributed by atoms with E-state index < -0.39 is 0 Å². The van der Waals surface area contributed by atoms with Crippen molar-refractivity contribution in [1.29, 1.82) is 10.5 Å². The minimum Gasteiger partial charge on any atom is -0.192 e. The van der Waals surface area contributed by atoms with Gasteiger partial charge in [0.05, 0.1) is 23.3 Å². The molecule has 0 saturated carbocycles. The lowest BCUT2D eigenvalue weighted by atomic mass is 9.84. The Balaban J connectivity index is 1.26.